The lowest BCUT2D eigenvalue weighted by atomic mass is 8.56. The van der Waals surface area contributed by atoms with Gasteiger partial charge in [0.05, 0.1) is 17.3 Å². The van der Waals surface area contributed by atoms with Crippen molar-refractivity contribution in [3.05, 3.63) is 118 Å². The van der Waals surface area contributed by atoms with Crippen LogP contribution in [0.1, 0.15) is 116 Å². The third-order valence-corrected chi connectivity index (χ3v) is 9.94. The number of phenols is 2. The van der Waals surface area contributed by atoms with Gasteiger partial charge in [-0.1, -0.05) is 166 Å². The molecule has 0 atom stereocenters. The summed E-state index contributed by atoms with van der Waals surface area (Å²) in [5.41, 5.74) is 6.17. The Morgan fingerprint density at radius 1 is 0.683 bits per heavy atom. The van der Waals surface area contributed by atoms with Gasteiger partial charge in [-0.25, -0.2) is 0 Å². The first-order valence-electron chi connectivity index (χ1n) is 20.7. The standard InChI is InChI=1S/C22H26N2O2.C15H21NO.C7H7NO.B11/c1-21(2,3)15-12-16(18(25)17(13-15)22(4,5)6)20-23-19(24-26-20)14-10-8-7-9-11-14;1-14(2,3)11-7-10(9-16)13(17)12(8-11)15(4,5)6;9-8-6-7-4-2-1-3-5-7;1-7-10(6)11(8(2)3)9(4)5/h7-13,25H,1-6H3;7-8,17H,1-6H3;1-6,9H;/b;;8-6+;. The minimum Gasteiger partial charge on any atom is -0.507 e. The molecule has 0 saturated carbocycles. The molecular weight excluding hydrogens is 767 g/mol. The van der Waals surface area contributed by atoms with Gasteiger partial charge < -0.3 is 19.9 Å². The number of nitrogens with zero attached hydrogens (tertiary/aromatic N) is 4. The molecule has 0 bridgehead atoms. The van der Waals surface area contributed by atoms with Crippen molar-refractivity contribution in [1.29, 1.82) is 5.26 Å². The van der Waals surface area contributed by atoms with Gasteiger partial charge in [0.1, 0.15) is 17.6 Å². The van der Waals surface area contributed by atoms with Crippen molar-refractivity contribution >= 4 is 85.2 Å². The second-order valence-electron chi connectivity index (χ2n) is 19.4. The molecule has 5 rings (SSSR count). The Labute approximate surface area is 387 Å². The Balaban J connectivity index is 0.000000317. The lowest BCUT2D eigenvalue weighted by molar-refractivity contribution is 0.322. The Morgan fingerprint density at radius 2 is 1.14 bits per heavy atom. The largest absolute Gasteiger partial charge is 0.507 e. The summed E-state index contributed by atoms with van der Waals surface area (Å²) in [5.74, 6) is 1.16. The zero-order chi connectivity index (χ0) is 48.1. The number of aromatic hydroxyl groups is 2. The lowest BCUT2D eigenvalue weighted by Gasteiger charge is -2.26. The van der Waals surface area contributed by atoms with Crippen LogP contribution < -0.4 is 0 Å². The minimum absolute atomic E-state index is 0.0285. The molecule has 13 radical (unpaired) electrons. The van der Waals surface area contributed by atoms with Crippen LogP contribution in [0.25, 0.3) is 22.8 Å². The van der Waals surface area contributed by atoms with Crippen molar-refractivity contribution in [3.8, 4) is 40.4 Å². The highest BCUT2D eigenvalue weighted by Crippen LogP contribution is 2.42. The maximum absolute atomic E-state index is 10.9. The minimum atomic E-state index is -0.648. The SMILES string of the molecule is CC(C)(C)c1cc(-c2nc(-c3ccccc3)no2)c(O)c(C(C)(C)C)c1.CC(C)(C)c1cc(C#N)c(O)c(C(C)(C)C)c1.O/N=C/c1ccccc1.[B][B]B([B])B(B([B])[B])B([B])[B]. The maximum Gasteiger partial charge on any atom is 0.262 e. The first kappa shape index (κ1) is 54.4. The topological polar surface area (TPSA) is 136 Å². The predicted octanol–water partition coefficient (Wildman–Crippen LogP) is 6.87. The summed E-state index contributed by atoms with van der Waals surface area (Å²) in [6.07, 6.45) is -0.760. The molecule has 0 aliphatic carbocycles. The summed E-state index contributed by atoms with van der Waals surface area (Å²) in [6, 6.07) is 29.0. The van der Waals surface area contributed by atoms with Gasteiger partial charge in [-0.15, -0.1) is 0 Å². The van der Waals surface area contributed by atoms with E-state index in [-0.39, 0.29) is 39.5 Å². The monoisotopic (exact) mass is 824 g/mol. The van der Waals surface area contributed by atoms with Crippen LogP contribution in [0.15, 0.2) is 94.6 Å². The zero-order valence-corrected chi connectivity index (χ0v) is 39.0. The molecule has 0 unspecified atom stereocenters. The fourth-order valence-electron chi connectivity index (χ4n) is 6.07. The average molecular weight is 822 g/mol. The maximum atomic E-state index is 10.9. The first-order valence-corrected chi connectivity index (χ1v) is 20.7. The molecular formula is C44H54B11N4O4. The van der Waals surface area contributed by atoms with E-state index < -0.39 is 19.2 Å². The normalized spacial score (nSPS) is 11.3. The molecule has 0 saturated heterocycles. The van der Waals surface area contributed by atoms with E-state index in [1.54, 1.807) is 6.07 Å². The van der Waals surface area contributed by atoms with E-state index >= 15 is 0 Å². The Morgan fingerprint density at radius 3 is 1.54 bits per heavy atom. The molecule has 0 aliphatic heterocycles. The van der Waals surface area contributed by atoms with Gasteiger partial charge in [0.15, 0.2) is 0 Å². The number of aromatic nitrogens is 2. The van der Waals surface area contributed by atoms with Gasteiger partial charge in [0, 0.05) is 95.7 Å². The highest BCUT2D eigenvalue weighted by molar-refractivity contribution is 8.01. The number of hydrogen-bond acceptors (Lipinski definition) is 8. The molecule has 19 heteroatoms. The van der Waals surface area contributed by atoms with Gasteiger partial charge in [-0.2, -0.15) is 10.2 Å². The molecule has 0 aliphatic rings. The third-order valence-electron chi connectivity index (χ3n) is 9.94. The number of hydrogen-bond donors (Lipinski definition) is 3. The second kappa shape index (κ2) is 23.3. The van der Waals surface area contributed by atoms with E-state index in [2.05, 4.69) is 89.7 Å². The predicted molar refractivity (Wildman–Crippen MR) is 274 cm³/mol. The molecule has 1 heterocycles. The Bertz CT molecular complexity index is 2250. The summed E-state index contributed by atoms with van der Waals surface area (Å²) in [5, 5.41) is 45.2. The van der Waals surface area contributed by atoms with Gasteiger partial charge >= 0.3 is 0 Å². The zero-order valence-electron chi connectivity index (χ0n) is 39.0. The van der Waals surface area contributed by atoms with Crippen molar-refractivity contribution < 1.29 is 19.9 Å². The molecule has 3 N–H and O–H groups in total. The van der Waals surface area contributed by atoms with Crippen molar-refractivity contribution in [2.75, 3.05) is 0 Å². The molecule has 8 nitrogen and oxygen atoms in total. The molecule has 0 amide bonds. The van der Waals surface area contributed by atoms with Crippen molar-refractivity contribution in [1.82, 2.24) is 10.1 Å². The van der Waals surface area contributed by atoms with E-state index in [9.17, 15) is 10.2 Å². The van der Waals surface area contributed by atoms with E-state index in [4.69, 9.17) is 61.4 Å². The van der Waals surface area contributed by atoms with Gasteiger partial charge in [-0.3, -0.25) is 0 Å². The number of nitriles is 1. The number of phenolic OH excluding ortho intramolecular Hbond substituents is 2. The molecule has 4 aromatic carbocycles. The van der Waals surface area contributed by atoms with E-state index in [1.165, 1.54) is 13.3 Å². The van der Waals surface area contributed by atoms with Gasteiger partial charge in [0.25, 0.3) is 5.89 Å². The van der Waals surface area contributed by atoms with Crippen molar-refractivity contribution in [2.24, 2.45) is 5.16 Å². The number of oxime groups is 1. The van der Waals surface area contributed by atoms with Crippen LogP contribution in [0.4, 0.5) is 0 Å². The van der Waals surface area contributed by atoms with Gasteiger partial charge in [0.2, 0.25) is 5.82 Å². The van der Waals surface area contributed by atoms with E-state index in [1.807, 2.05) is 93.6 Å². The highest BCUT2D eigenvalue weighted by Gasteiger charge is 2.29. The molecule has 0 fully saturated rings. The quantitative estimate of drug-likeness (QED) is 0.0706. The molecule has 5 aromatic rings. The van der Waals surface area contributed by atoms with Crippen LogP contribution in [0.5, 0.6) is 11.5 Å². The summed E-state index contributed by atoms with van der Waals surface area (Å²) >= 11 is 0. The van der Waals surface area contributed by atoms with Crippen LogP contribution in [-0.2, 0) is 21.7 Å². The van der Waals surface area contributed by atoms with Crippen LogP contribution >= 0.6 is 0 Å². The fraction of sp³-hybridized carbons (Fsp3) is 0.364. The molecule has 63 heavy (non-hydrogen) atoms. The van der Waals surface area contributed by atoms with E-state index in [0.717, 1.165) is 33.4 Å². The highest BCUT2D eigenvalue weighted by atomic mass is 16.5. The Hall–Kier alpha value is -4.71. The van der Waals surface area contributed by atoms with Gasteiger partial charge in [-0.05, 0) is 50.5 Å². The van der Waals surface area contributed by atoms with Crippen LogP contribution in [0, 0.1) is 11.3 Å². The van der Waals surface area contributed by atoms with Crippen molar-refractivity contribution in [2.45, 2.75) is 105 Å². The molecule has 307 valence electrons. The summed E-state index contributed by atoms with van der Waals surface area (Å²) in [7, 11) is 33.5. The third kappa shape index (κ3) is 16.4. The van der Waals surface area contributed by atoms with Crippen LogP contribution in [-0.4, -0.2) is 111 Å². The summed E-state index contributed by atoms with van der Waals surface area (Å²) < 4.78 is 5.50. The number of rotatable bonds is 7. The average Bonchev–Trinajstić information content (AvgIpc) is 3.68. The van der Waals surface area contributed by atoms with E-state index in [0.29, 0.717) is 22.8 Å². The second-order valence-corrected chi connectivity index (χ2v) is 19.4. The first-order chi connectivity index (χ1) is 29.1. The molecule has 1 aromatic heterocycles. The Kier molecular flexibility index (Phi) is 20.1. The summed E-state index contributed by atoms with van der Waals surface area (Å²) in [4.78, 5) is 4.52. The number of benzene rings is 4. The lowest BCUT2D eigenvalue weighted by Crippen LogP contribution is -2.63. The summed E-state index contributed by atoms with van der Waals surface area (Å²) in [6.45, 7) is 25.1. The van der Waals surface area contributed by atoms with Crippen LogP contribution in [0.3, 0.4) is 0 Å². The molecule has 0 spiro atoms. The fourth-order valence-corrected chi connectivity index (χ4v) is 6.07. The van der Waals surface area contributed by atoms with Crippen molar-refractivity contribution in [3.63, 3.8) is 0 Å². The van der Waals surface area contributed by atoms with Crippen LogP contribution in [0.2, 0.25) is 0 Å². The smallest absolute Gasteiger partial charge is 0.262 e.